The lowest BCUT2D eigenvalue weighted by molar-refractivity contribution is -0.121. The van der Waals surface area contributed by atoms with Gasteiger partial charge in [-0.2, -0.15) is 0 Å². The molecule has 19 heavy (non-hydrogen) atoms. The topological polar surface area (TPSA) is 58.6 Å². The SMILES string of the molecule is O=C(CCN1CCOC1=O)NCc1ccc(F)cc1. The van der Waals surface area contributed by atoms with Crippen molar-refractivity contribution in [2.24, 2.45) is 0 Å². The van der Waals surface area contributed by atoms with Crippen LogP contribution in [0.4, 0.5) is 9.18 Å². The second-order valence-electron chi connectivity index (χ2n) is 4.25. The molecule has 0 radical (unpaired) electrons. The highest BCUT2D eigenvalue weighted by molar-refractivity contribution is 5.77. The molecule has 1 fully saturated rings. The van der Waals surface area contributed by atoms with Crippen molar-refractivity contribution in [3.8, 4) is 0 Å². The second-order valence-corrected chi connectivity index (χ2v) is 4.25. The lowest BCUT2D eigenvalue weighted by Gasteiger charge is -2.12. The first-order valence-electron chi connectivity index (χ1n) is 6.08. The molecule has 0 aromatic heterocycles. The smallest absolute Gasteiger partial charge is 0.409 e. The van der Waals surface area contributed by atoms with E-state index in [4.69, 9.17) is 4.74 Å². The Labute approximate surface area is 110 Å². The quantitative estimate of drug-likeness (QED) is 0.873. The van der Waals surface area contributed by atoms with E-state index >= 15 is 0 Å². The Bertz CT molecular complexity index is 461. The molecule has 1 N–H and O–H groups in total. The molecular weight excluding hydrogens is 251 g/mol. The first-order chi connectivity index (χ1) is 9.15. The zero-order valence-electron chi connectivity index (χ0n) is 10.4. The zero-order chi connectivity index (χ0) is 13.7. The number of hydrogen-bond donors (Lipinski definition) is 1. The molecule has 1 aromatic rings. The highest BCUT2D eigenvalue weighted by atomic mass is 19.1. The van der Waals surface area contributed by atoms with Gasteiger partial charge in [-0.15, -0.1) is 0 Å². The Morgan fingerprint density at radius 2 is 2.11 bits per heavy atom. The van der Waals surface area contributed by atoms with E-state index < -0.39 is 0 Å². The van der Waals surface area contributed by atoms with E-state index in [2.05, 4.69) is 5.32 Å². The number of carbonyl (C=O) groups excluding carboxylic acids is 2. The number of benzene rings is 1. The molecule has 0 bridgehead atoms. The van der Waals surface area contributed by atoms with Gasteiger partial charge in [0, 0.05) is 19.5 Å². The lowest BCUT2D eigenvalue weighted by atomic mass is 10.2. The summed E-state index contributed by atoms with van der Waals surface area (Å²) in [6.45, 7) is 1.62. The van der Waals surface area contributed by atoms with Crippen LogP contribution in [0.1, 0.15) is 12.0 Å². The summed E-state index contributed by atoms with van der Waals surface area (Å²) in [4.78, 5) is 24.2. The highest BCUT2D eigenvalue weighted by Gasteiger charge is 2.21. The van der Waals surface area contributed by atoms with Gasteiger partial charge in [0.05, 0.1) is 6.54 Å². The average Bonchev–Trinajstić information content (AvgIpc) is 2.81. The van der Waals surface area contributed by atoms with Crippen LogP contribution in [0, 0.1) is 5.82 Å². The predicted molar refractivity (Wildman–Crippen MR) is 65.8 cm³/mol. The van der Waals surface area contributed by atoms with Crippen LogP contribution in [0.25, 0.3) is 0 Å². The van der Waals surface area contributed by atoms with Gasteiger partial charge in [0.2, 0.25) is 5.91 Å². The van der Waals surface area contributed by atoms with Gasteiger partial charge >= 0.3 is 6.09 Å². The molecule has 2 rings (SSSR count). The first kappa shape index (κ1) is 13.3. The summed E-state index contributed by atoms with van der Waals surface area (Å²) in [6, 6.07) is 5.93. The molecule has 0 spiro atoms. The number of cyclic esters (lactones) is 1. The number of hydrogen-bond acceptors (Lipinski definition) is 3. The van der Waals surface area contributed by atoms with E-state index in [1.54, 1.807) is 12.1 Å². The number of nitrogens with zero attached hydrogens (tertiary/aromatic N) is 1. The minimum absolute atomic E-state index is 0.149. The summed E-state index contributed by atoms with van der Waals surface area (Å²) in [5.41, 5.74) is 0.829. The molecule has 1 aliphatic heterocycles. The van der Waals surface area contributed by atoms with E-state index in [9.17, 15) is 14.0 Å². The largest absolute Gasteiger partial charge is 0.448 e. The number of nitrogens with one attached hydrogen (secondary N) is 1. The number of halogens is 1. The molecule has 0 atom stereocenters. The minimum Gasteiger partial charge on any atom is -0.448 e. The fourth-order valence-electron chi connectivity index (χ4n) is 1.76. The Morgan fingerprint density at radius 1 is 1.37 bits per heavy atom. The summed E-state index contributed by atoms with van der Waals surface area (Å²) in [5, 5.41) is 2.72. The molecule has 5 nitrogen and oxygen atoms in total. The molecule has 0 aliphatic carbocycles. The maximum Gasteiger partial charge on any atom is 0.409 e. The van der Waals surface area contributed by atoms with Crippen LogP contribution in [-0.4, -0.2) is 36.6 Å². The van der Waals surface area contributed by atoms with Crippen molar-refractivity contribution in [1.29, 1.82) is 0 Å². The van der Waals surface area contributed by atoms with Crippen LogP contribution in [-0.2, 0) is 16.1 Å². The van der Waals surface area contributed by atoms with Crippen LogP contribution in [0.15, 0.2) is 24.3 Å². The van der Waals surface area contributed by atoms with Crippen LogP contribution in [0.2, 0.25) is 0 Å². The number of ether oxygens (including phenoxy) is 1. The molecule has 2 amide bonds. The third-order valence-corrected chi connectivity index (χ3v) is 2.86. The van der Waals surface area contributed by atoms with Gasteiger partial charge in [0.1, 0.15) is 12.4 Å². The maximum absolute atomic E-state index is 12.7. The van der Waals surface area contributed by atoms with Gasteiger partial charge in [0.25, 0.3) is 0 Å². The van der Waals surface area contributed by atoms with Crippen molar-refractivity contribution < 1.29 is 18.7 Å². The van der Waals surface area contributed by atoms with Crippen molar-refractivity contribution in [1.82, 2.24) is 10.2 Å². The first-order valence-corrected chi connectivity index (χ1v) is 6.08. The van der Waals surface area contributed by atoms with Crippen molar-refractivity contribution >= 4 is 12.0 Å². The summed E-state index contributed by atoms with van der Waals surface area (Å²) in [5.74, 6) is -0.452. The Balaban J connectivity index is 1.69. The Kier molecular flexibility index (Phi) is 4.33. The fraction of sp³-hybridized carbons (Fsp3) is 0.385. The molecule has 0 saturated carbocycles. The lowest BCUT2D eigenvalue weighted by Crippen LogP contribution is -2.31. The highest BCUT2D eigenvalue weighted by Crippen LogP contribution is 2.04. The van der Waals surface area contributed by atoms with Gasteiger partial charge < -0.3 is 15.0 Å². The van der Waals surface area contributed by atoms with Crippen molar-refractivity contribution in [2.45, 2.75) is 13.0 Å². The molecule has 6 heteroatoms. The van der Waals surface area contributed by atoms with Gasteiger partial charge in [0.15, 0.2) is 0 Å². The van der Waals surface area contributed by atoms with Crippen LogP contribution >= 0.6 is 0 Å². The third-order valence-electron chi connectivity index (χ3n) is 2.86. The van der Waals surface area contributed by atoms with Gasteiger partial charge in [-0.25, -0.2) is 9.18 Å². The van der Waals surface area contributed by atoms with Gasteiger partial charge in [-0.1, -0.05) is 12.1 Å². The minimum atomic E-state index is -0.369. The second kappa shape index (κ2) is 6.17. The predicted octanol–water partition coefficient (Wildman–Crippen LogP) is 1.28. The summed E-state index contributed by atoms with van der Waals surface area (Å²) in [7, 11) is 0. The number of amides is 2. The van der Waals surface area contributed by atoms with Crippen molar-refractivity contribution in [3.63, 3.8) is 0 Å². The van der Waals surface area contributed by atoms with Crippen LogP contribution < -0.4 is 5.32 Å². The van der Waals surface area contributed by atoms with Crippen molar-refractivity contribution in [3.05, 3.63) is 35.6 Å². The van der Waals surface area contributed by atoms with Crippen LogP contribution in [0.3, 0.4) is 0 Å². The summed E-state index contributed by atoms with van der Waals surface area (Å²) < 4.78 is 17.4. The fourth-order valence-corrected chi connectivity index (χ4v) is 1.76. The normalized spacial score (nSPS) is 14.4. The van der Waals surface area contributed by atoms with Crippen LogP contribution in [0.5, 0.6) is 0 Å². The third kappa shape index (κ3) is 3.94. The maximum atomic E-state index is 12.7. The van der Waals surface area contributed by atoms with Crippen molar-refractivity contribution in [2.75, 3.05) is 19.7 Å². The average molecular weight is 266 g/mol. The van der Waals surface area contributed by atoms with E-state index in [1.807, 2.05) is 0 Å². The summed E-state index contributed by atoms with van der Waals surface area (Å²) in [6.07, 6.45) is -0.137. The molecule has 1 heterocycles. The van der Waals surface area contributed by atoms with E-state index in [0.29, 0.717) is 26.2 Å². The molecule has 1 aromatic carbocycles. The molecule has 102 valence electrons. The van der Waals surface area contributed by atoms with E-state index in [1.165, 1.54) is 17.0 Å². The Morgan fingerprint density at radius 3 is 2.74 bits per heavy atom. The Hall–Kier alpha value is -2.11. The monoisotopic (exact) mass is 266 g/mol. The summed E-state index contributed by atoms with van der Waals surface area (Å²) >= 11 is 0. The van der Waals surface area contributed by atoms with E-state index in [-0.39, 0.29) is 24.2 Å². The number of rotatable bonds is 5. The van der Waals surface area contributed by atoms with E-state index in [0.717, 1.165) is 5.56 Å². The van der Waals surface area contributed by atoms with Gasteiger partial charge in [-0.3, -0.25) is 4.79 Å². The molecule has 1 saturated heterocycles. The number of carbonyl (C=O) groups is 2. The molecule has 1 aliphatic rings. The standard InChI is InChI=1S/C13H15FN2O3/c14-11-3-1-10(2-4-11)9-15-12(17)5-6-16-7-8-19-13(16)18/h1-4H,5-9H2,(H,15,17). The molecular formula is C13H15FN2O3. The zero-order valence-corrected chi connectivity index (χ0v) is 10.4. The molecule has 0 unspecified atom stereocenters. The van der Waals surface area contributed by atoms with Gasteiger partial charge in [-0.05, 0) is 17.7 Å².